The molecule has 0 amide bonds. The van der Waals surface area contributed by atoms with E-state index in [1.807, 2.05) is 0 Å². The van der Waals surface area contributed by atoms with E-state index in [9.17, 15) is 24.0 Å². The summed E-state index contributed by atoms with van der Waals surface area (Å²) < 4.78 is 32.0. The van der Waals surface area contributed by atoms with E-state index in [4.69, 9.17) is 40.6 Å². The van der Waals surface area contributed by atoms with Gasteiger partial charge in [-0.1, -0.05) is 0 Å². The van der Waals surface area contributed by atoms with Gasteiger partial charge in [0.05, 0.1) is 12.2 Å². The van der Waals surface area contributed by atoms with Gasteiger partial charge in [0.15, 0.2) is 29.7 Å². The summed E-state index contributed by atoms with van der Waals surface area (Å²) in [6, 6.07) is 6.26. The largest absolute Gasteiger partial charge is 0.463 e. The molecule has 2 N–H and O–H groups in total. The van der Waals surface area contributed by atoms with Crippen molar-refractivity contribution in [2.45, 2.75) is 65.3 Å². The van der Waals surface area contributed by atoms with Crippen molar-refractivity contribution in [2.24, 2.45) is 0 Å². The molecule has 5 atom stereocenters. The Balaban J connectivity index is 2.30. The fourth-order valence-electron chi connectivity index (χ4n) is 3.55. The van der Waals surface area contributed by atoms with E-state index in [1.165, 1.54) is 19.1 Å². The number of esters is 5. The van der Waals surface area contributed by atoms with Crippen LogP contribution in [0.1, 0.15) is 45.0 Å². The monoisotopic (exact) mass is 554 g/mol. The molecule has 1 aliphatic heterocycles. The zero-order valence-corrected chi connectivity index (χ0v) is 22.3. The first kappa shape index (κ1) is 30.4. The number of benzene rings is 1. The Kier molecular flexibility index (Phi) is 11.4. The number of rotatable bonds is 9. The van der Waals surface area contributed by atoms with Gasteiger partial charge in [0.1, 0.15) is 12.7 Å². The van der Waals surface area contributed by atoms with Gasteiger partial charge < -0.3 is 39.1 Å². The maximum atomic E-state index is 11.9. The molecule has 1 fully saturated rings. The highest BCUT2D eigenvalue weighted by atomic mass is 32.1. The summed E-state index contributed by atoms with van der Waals surface area (Å²) in [5.74, 6) is -3.33. The van der Waals surface area contributed by atoms with Crippen LogP contribution < -0.4 is 10.6 Å². The Bertz CT molecular complexity index is 1050. The van der Waals surface area contributed by atoms with E-state index in [0.29, 0.717) is 11.3 Å². The SMILES string of the molecule is CCOC(=O)c1ccc(NC(=S)N[C@@H]2O[C@H](COC(C)=O)[C@H](OC(C)=O)[C@H](OC(C)=O)[C@@H]2OC(C)=O)cc1. The molecule has 38 heavy (non-hydrogen) atoms. The average molecular weight is 555 g/mol. The normalized spacial score (nSPS) is 22.3. The summed E-state index contributed by atoms with van der Waals surface area (Å²) in [7, 11) is 0. The van der Waals surface area contributed by atoms with Crippen molar-refractivity contribution in [3.8, 4) is 0 Å². The second-order valence-electron chi connectivity index (χ2n) is 8.02. The number of nitrogens with one attached hydrogen (secondary N) is 2. The maximum absolute atomic E-state index is 11.9. The predicted molar refractivity (Wildman–Crippen MR) is 134 cm³/mol. The first-order chi connectivity index (χ1) is 17.9. The number of hydrogen-bond acceptors (Lipinski definition) is 12. The summed E-state index contributed by atoms with van der Waals surface area (Å²) in [6.07, 6.45) is -6.29. The van der Waals surface area contributed by atoms with Crippen LogP contribution in [0.4, 0.5) is 5.69 Å². The first-order valence-corrected chi connectivity index (χ1v) is 12.0. The summed E-state index contributed by atoms with van der Waals surface area (Å²) in [5, 5.41) is 5.74. The Morgan fingerprint density at radius 1 is 0.816 bits per heavy atom. The number of thiocarbonyl (C=S) groups is 1. The van der Waals surface area contributed by atoms with Crippen molar-refractivity contribution in [3.63, 3.8) is 0 Å². The molecule has 14 heteroatoms. The third-order valence-electron chi connectivity index (χ3n) is 4.92. The van der Waals surface area contributed by atoms with Gasteiger partial charge in [0, 0.05) is 33.4 Å². The van der Waals surface area contributed by atoms with E-state index in [2.05, 4.69) is 10.6 Å². The van der Waals surface area contributed by atoms with Gasteiger partial charge in [-0.25, -0.2) is 4.79 Å². The molecule has 1 aliphatic rings. The maximum Gasteiger partial charge on any atom is 0.338 e. The third-order valence-corrected chi connectivity index (χ3v) is 5.14. The lowest BCUT2D eigenvalue weighted by Gasteiger charge is -2.44. The minimum absolute atomic E-state index is 0.00906. The molecule has 0 spiro atoms. The molecule has 0 aliphatic carbocycles. The summed E-state index contributed by atoms with van der Waals surface area (Å²) in [6.45, 7) is 6.14. The van der Waals surface area contributed by atoms with E-state index in [0.717, 1.165) is 20.8 Å². The van der Waals surface area contributed by atoms with Crippen LogP contribution in [0.3, 0.4) is 0 Å². The molecule has 0 radical (unpaired) electrons. The molecule has 0 aromatic heterocycles. The highest BCUT2D eigenvalue weighted by molar-refractivity contribution is 7.80. The lowest BCUT2D eigenvalue weighted by Crippen LogP contribution is -2.66. The summed E-state index contributed by atoms with van der Waals surface area (Å²) in [5.41, 5.74) is 0.844. The van der Waals surface area contributed by atoms with Crippen LogP contribution in [-0.2, 0) is 47.6 Å². The molecule has 2 rings (SSSR count). The van der Waals surface area contributed by atoms with Crippen LogP contribution in [0.15, 0.2) is 24.3 Å². The van der Waals surface area contributed by atoms with Gasteiger partial charge in [-0.3, -0.25) is 19.2 Å². The molecule has 13 nitrogen and oxygen atoms in total. The minimum atomic E-state index is -1.33. The number of anilines is 1. The number of carbonyl (C=O) groups is 5. The standard InChI is InChI=1S/C24H30N2O11S/c1-6-32-23(31)16-7-9-17(10-8-16)25-24(38)26-22-21(36-15(5)30)20(35-14(4)29)19(34-13(3)28)18(37-22)11-33-12(2)27/h7-10,18-22H,6,11H2,1-5H3,(H2,25,26,38)/t18-,19+,20+,21+,22-/m1/s1. The number of carbonyl (C=O) groups excluding carboxylic acids is 5. The van der Waals surface area contributed by atoms with Crippen molar-refractivity contribution < 1.29 is 52.4 Å². The quantitative estimate of drug-likeness (QED) is 0.254. The van der Waals surface area contributed by atoms with Crippen LogP contribution >= 0.6 is 12.2 Å². The van der Waals surface area contributed by atoms with Gasteiger partial charge in [-0.2, -0.15) is 0 Å². The molecule has 1 heterocycles. The highest BCUT2D eigenvalue weighted by Crippen LogP contribution is 2.28. The zero-order valence-electron chi connectivity index (χ0n) is 21.5. The topological polar surface area (TPSA) is 165 Å². The van der Waals surface area contributed by atoms with E-state index >= 15 is 0 Å². The Labute approximate surface area is 224 Å². The number of hydrogen-bond donors (Lipinski definition) is 2. The molecule has 0 bridgehead atoms. The minimum Gasteiger partial charge on any atom is -0.463 e. The van der Waals surface area contributed by atoms with Crippen molar-refractivity contribution in [1.82, 2.24) is 5.32 Å². The fraction of sp³-hybridized carbons (Fsp3) is 0.500. The van der Waals surface area contributed by atoms with E-state index in [1.54, 1.807) is 19.1 Å². The van der Waals surface area contributed by atoms with E-state index < -0.39 is 60.5 Å². The first-order valence-electron chi connectivity index (χ1n) is 11.6. The zero-order chi connectivity index (χ0) is 28.4. The second-order valence-corrected chi connectivity index (χ2v) is 8.42. The highest BCUT2D eigenvalue weighted by Gasteiger charge is 2.52. The molecule has 0 saturated carbocycles. The van der Waals surface area contributed by atoms with Crippen LogP contribution in [0, 0.1) is 0 Å². The molecule has 1 saturated heterocycles. The van der Waals surface area contributed by atoms with Crippen molar-refractivity contribution in [2.75, 3.05) is 18.5 Å². The predicted octanol–water partition coefficient (Wildman–Crippen LogP) is 1.23. The van der Waals surface area contributed by atoms with Crippen LogP contribution in [0.5, 0.6) is 0 Å². The van der Waals surface area contributed by atoms with Gasteiger partial charge in [0.2, 0.25) is 0 Å². The van der Waals surface area contributed by atoms with Crippen LogP contribution in [0.25, 0.3) is 0 Å². The molecule has 208 valence electrons. The molecule has 1 aromatic rings. The Morgan fingerprint density at radius 2 is 1.37 bits per heavy atom. The summed E-state index contributed by atoms with van der Waals surface area (Å²) >= 11 is 5.37. The molecule has 0 unspecified atom stereocenters. The van der Waals surface area contributed by atoms with Gasteiger partial charge in [0.25, 0.3) is 0 Å². The molecular weight excluding hydrogens is 524 g/mol. The van der Waals surface area contributed by atoms with Crippen molar-refractivity contribution >= 4 is 52.9 Å². The lowest BCUT2D eigenvalue weighted by atomic mass is 9.97. The van der Waals surface area contributed by atoms with Crippen molar-refractivity contribution in [3.05, 3.63) is 29.8 Å². The molecule has 1 aromatic carbocycles. The van der Waals surface area contributed by atoms with Gasteiger partial charge in [-0.15, -0.1) is 0 Å². The smallest absolute Gasteiger partial charge is 0.338 e. The second kappa shape index (κ2) is 14.2. The van der Waals surface area contributed by atoms with E-state index in [-0.39, 0.29) is 18.3 Å². The van der Waals surface area contributed by atoms with Crippen LogP contribution in [0.2, 0.25) is 0 Å². The van der Waals surface area contributed by atoms with Crippen molar-refractivity contribution in [1.29, 1.82) is 0 Å². The lowest BCUT2D eigenvalue weighted by molar-refractivity contribution is -0.254. The number of ether oxygens (including phenoxy) is 6. The summed E-state index contributed by atoms with van der Waals surface area (Å²) in [4.78, 5) is 58.9. The average Bonchev–Trinajstić information content (AvgIpc) is 2.81. The van der Waals surface area contributed by atoms with Crippen LogP contribution in [-0.4, -0.2) is 78.8 Å². The molecular formula is C24H30N2O11S. The van der Waals surface area contributed by atoms with Gasteiger partial charge >= 0.3 is 29.8 Å². The Hall–Kier alpha value is -3.78. The Morgan fingerprint density at radius 3 is 1.89 bits per heavy atom. The third kappa shape index (κ3) is 9.27. The van der Waals surface area contributed by atoms with Gasteiger partial charge in [-0.05, 0) is 43.4 Å². The fourth-order valence-corrected chi connectivity index (χ4v) is 3.78.